The molecule has 25 heavy (non-hydrogen) atoms. The van der Waals surface area contributed by atoms with Crippen LogP contribution < -0.4 is 5.32 Å². The third-order valence-electron chi connectivity index (χ3n) is 4.02. The zero-order valence-corrected chi connectivity index (χ0v) is 14.5. The van der Waals surface area contributed by atoms with Crippen molar-refractivity contribution < 1.29 is 14.3 Å². The van der Waals surface area contributed by atoms with E-state index in [0.29, 0.717) is 11.3 Å². The van der Waals surface area contributed by atoms with Gasteiger partial charge >= 0.3 is 5.97 Å². The second-order valence-corrected chi connectivity index (χ2v) is 5.82. The van der Waals surface area contributed by atoms with Crippen molar-refractivity contribution in [2.75, 3.05) is 25.0 Å². The minimum atomic E-state index is -0.662. The largest absolute Gasteiger partial charge is 0.462 e. The Hall–Kier alpha value is -2.81. The van der Waals surface area contributed by atoms with E-state index in [4.69, 9.17) is 10.00 Å². The summed E-state index contributed by atoms with van der Waals surface area (Å²) in [6.45, 7) is 3.52. The first-order valence-corrected chi connectivity index (χ1v) is 8.59. The summed E-state index contributed by atoms with van der Waals surface area (Å²) in [5.74, 6) is -0.612. The zero-order valence-electron chi connectivity index (χ0n) is 14.5. The molecule has 1 aliphatic rings. The highest BCUT2D eigenvalue weighted by Crippen LogP contribution is 2.16. The van der Waals surface area contributed by atoms with Gasteiger partial charge in [0.1, 0.15) is 6.07 Å². The fourth-order valence-electron chi connectivity index (χ4n) is 2.67. The zero-order chi connectivity index (χ0) is 18.1. The number of carbonyl (C=O) groups excluding carboxylic acids is 2. The Morgan fingerprint density at radius 3 is 2.40 bits per heavy atom. The molecule has 0 aliphatic carbocycles. The quantitative estimate of drug-likeness (QED) is 0.505. The number of carbonyl (C=O) groups is 2. The Balaban J connectivity index is 2.00. The SMILES string of the molecule is CCOC(=O)/C(C#N)=C/Nc1ccc(C(=O)N2CCCCCC2)cc1. The van der Waals surface area contributed by atoms with Crippen molar-refractivity contribution in [3.05, 3.63) is 41.6 Å². The van der Waals surface area contributed by atoms with Crippen LogP contribution in [0, 0.1) is 11.3 Å². The number of likely N-dealkylation sites (tertiary alicyclic amines) is 1. The molecule has 6 heteroatoms. The summed E-state index contributed by atoms with van der Waals surface area (Å²) in [5.41, 5.74) is 1.22. The number of amides is 1. The van der Waals surface area contributed by atoms with E-state index in [0.717, 1.165) is 25.9 Å². The number of ether oxygens (including phenoxy) is 1. The first-order chi connectivity index (χ1) is 12.2. The summed E-state index contributed by atoms with van der Waals surface area (Å²) >= 11 is 0. The minimum absolute atomic E-state index is 0.0493. The summed E-state index contributed by atoms with van der Waals surface area (Å²) in [5, 5.41) is 11.9. The molecule has 0 spiro atoms. The molecule has 1 heterocycles. The molecule has 0 aromatic heterocycles. The van der Waals surface area contributed by atoms with Crippen molar-refractivity contribution in [1.82, 2.24) is 4.90 Å². The van der Waals surface area contributed by atoms with Crippen molar-refractivity contribution in [3.63, 3.8) is 0 Å². The predicted molar refractivity (Wildman–Crippen MR) is 94.8 cm³/mol. The highest BCUT2D eigenvalue weighted by Gasteiger charge is 2.17. The van der Waals surface area contributed by atoms with Gasteiger partial charge in [0, 0.05) is 30.5 Å². The Morgan fingerprint density at radius 1 is 1.20 bits per heavy atom. The van der Waals surface area contributed by atoms with Crippen molar-refractivity contribution in [2.24, 2.45) is 0 Å². The molecular weight excluding hydrogens is 318 g/mol. The number of nitrogens with one attached hydrogen (secondary N) is 1. The molecule has 1 N–H and O–H groups in total. The van der Waals surface area contributed by atoms with Crippen LogP contribution in [-0.4, -0.2) is 36.5 Å². The number of rotatable bonds is 5. The summed E-state index contributed by atoms with van der Waals surface area (Å²) in [4.78, 5) is 26.0. The lowest BCUT2D eigenvalue weighted by Gasteiger charge is -2.20. The van der Waals surface area contributed by atoms with Crippen molar-refractivity contribution in [1.29, 1.82) is 5.26 Å². The molecule has 132 valence electrons. The van der Waals surface area contributed by atoms with Gasteiger partial charge in [0.15, 0.2) is 5.57 Å². The molecule has 1 saturated heterocycles. The highest BCUT2D eigenvalue weighted by atomic mass is 16.5. The molecule has 1 aliphatic heterocycles. The maximum absolute atomic E-state index is 12.5. The lowest BCUT2D eigenvalue weighted by Crippen LogP contribution is -2.31. The lowest BCUT2D eigenvalue weighted by molar-refractivity contribution is -0.138. The van der Waals surface area contributed by atoms with E-state index in [1.165, 1.54) is 19.0 Å². The molecule has 0 saturated carbocycles. The van der Waals surface area contributed by atoms with Gasteiger partial charge in [-0.1, -0.05) is 12.8 Å². The Morgan fingerprint density at radius 2 is 1.84 bits per heavy atom. The summed E-state index contributed by atoms with van der Waals surface area (Å²) < 4.78 is 4.79. The molecule has 2 rings (SSSR count). The second-order valence-electron chi connectivity index (χ2n) is 5.82. The highest BCUT2D eigenvalue weighted by molar-refractivity contribution is 5.95. The summed E-state index contributed by atoms with van der Waals surface area (Å²) in [6, 6.07) is 8.80. The van der Waals surface area contributed by atoms with Gasteiger partial charge in [-0.2, -0.15) is 5.26 Å². The van der Waals surface area contributed by atoms with Gasteiger partial charge in [-0.3, -0.25) is 4.79 Å². The van der Waals surface area contributed by atoms with Crippen molar-refractivity contribution in [2.45, 2.75) is 32.6 Å². The third kappa shape index (κ3) is 5.35. The molecule has 6 nitrogen and oxygen atoms in total. The van der Waals surface area contributed by atoms with Crippen LogP contribution in [0.15, 0.2) is 36.0 Å². The fraction of sp³-hybridized carbons (Fsp3) is 0.421. The van der Waals surface area contributed by atoms with Gasteiger partial charge in [-0.25, -0.2) is 4.79 Å². The summed E-state index contributed by atoms with van der Waals surface area (Å²) in [6.07, 6.45) is 5.78. The molecule has 0 radical (unpaired) electrons. The van der Waals surface area contributed by atoms with E-state index in [9.17, 15) is 9.59 Å². The molecule has 0 atom stereocenters. The molecule has 0 bridgehead atoms. The second kappa shape index (κ2) is 9.48. The van der Waals surface area contributed by atoms with Crippen LogP contribution in [0.5, 0.6) is 0 Å². The molecular formula is C19H23N3O3. The first-order valence-electron chi connectivity index (χ1n) is 8.59. The van der Waals surface area contributed by atoms with Crippen LogP contribution in [-0.2, 0) is 9.53 Å². The number of hydrogen-bond acceptors (Lipinski definition) is 5. The van der Waals surface area contributed by atoms with Gasteiger partial charge in [-0.15, -0.1) is 0 Å². The van der Waals surface area contributed by atoms with Crippen LogP contribution in [0.1, 0.15) is 43.0 Å². The number of benzene rings is 1. The number of anilines is 1. The average molecular weight is 341 g/mol. The van der Waals surface area contributed by atoms with Gasteiger partial charge in [0.25, 0.3) is 5.91 Å². The van der Waals surface area contributed by atoms with Gasteiger partial charge in [-0.05, 0) is 44.0 Å². The van der Waals surface area contributed by atoms with Gasteiger partial charge in [0.05, 0.1) is 6.61 Å². The first kappa shape index (κ1) is 18.5. The Bertz CT molecular complexity index is 666. The Labute approximate surface area is 148 Å². The fourth-order valence-corrected chi connectivity index (χ4v) is 2.67. The number of esters is 1. The number of nitrogens with zero attached hydrogens (tertiary/aromatic N) is 2. The molecule has 1 fully saturated rings. The van der Waals surface area contributed by atoms with E-state index in [2.05, 4.69) is 5.32 Å². The summed E-state index contributed by atoms with van der Waals surface area (Å²) in [7, 11) is 0. The maximum Gasteiger partial charge on any atom is 0.350 e. The van der Waals surface area contributed by atoms with Crippen LogP contribution in [0.3, 0.4) is 0 Å². The van der Waals surface area contributed by atoms with E-state index >= 15 is 0 Å². The van der Waals surface area contributed by atoms with Crippen LogP contribution in [0.25, 0.3) is 0 Å². The monoisotopic (exact) mass is 341 g/mol. The molecule has 1 aromatic carbocycles. The molecule has 1 aromatic rings. The van der Waals surface area contributed by atoms with Crippen LogP contribution in [0.2, 0.25) is 0 Å². The lowest BCUT2D eigenvalue weighted by atomic mass is 10.1. The standard InChI is InChI=1S/C19H23N3O3/c1-2-25-19(24)16(13-20)14-21-17-9-7-15(8-10-17)18(23)22-11-5-3-4-6-12-22/h7-10,14,21H,2-6,11-12H2,1H3/b16-14+. The number of hydrogen-bond donors (Lipinski definition) is 1. The predicted octanol–water partition coefficient (Wildman–Crippen LogP) is 3.09. The molecule has 0 unspecified atom stereocenters. The van der Waals surface area contributed by atoms with E-state index in [-0.39, 0.29) is 18.1 Å². The molecule has 1 amide bonds. The average Bonchev–Trinajstić information content (AvgIpc) is 2.92. The maximum atomic E-state index is 12.5. The van der Waals surface area contributed by atoms with E-state index in [1.54, 1.807) is 37.3 Å². The van der Waals surface area contributed by atoms with Crippen molar-refractivity contribution in [3.8, 4) is 6.07 Å². The number of nitriles is 1. The van der Waals surface area contributed by atoms with Crippen molar-refractivity contribution >= 4 is 17.6 Å². The van der Waals surface area contributed by atoms with Crippen LogP contribution >= 0.6 is 0 Å². The minimum Gasteiger partial charge on any atom is -0.462 e. The van der Waals surface area contributed by atoms with Gasteiger partial charge in [0.2, 0.25) is 0 Å². The van der Waals surface area contributed by atoms with Gasteiger partial charge < -0.3 is 15.0 Å². The topological polar surface area (TPSA) is 82.4 Å². The smallest absolute Gasteiger partial charge is 0.350 e. The van der Waals surface area contributed by atoms with Crippen LogP contribution in [0.4, 0.5) is 5.69 Å². The normalized spacial score (nSPS) is 15.0. The van der Waals surface area contributed by atoms with E-state index < -0.39 is 5.97 Å². The Kier molecular flexibility index (Phi) is 7.02. The van der Waals surface area contributed by atoms with E-state index in [1.807, 2.05) is 4.90 Å². The third-order valence-corrected chi connectivity index (χ3v) is 4.02.